The number of hydrogen-bond donors (Lipinski definition) is 3. The van der Waals surface area contributed by atoms with Crippen LogP contribution in [0.4, 0.5) is 0 Å². The summed E-state index contributed by atoms with van der Waals surface area (Å²) in [5.41, 5.74) is 0. The molecule has 0 saturated heterocycles. The Morgan fingerprint density at radius 1 is 0.600 bits per heavy atom. The van der Waals surface area contributed by atoms with Gasteiger partial charge in [-0.2, -0.15) is 0 Å². The van der Waals surface area contributed by atoms with Gasteiger partial charge in [-0.1, -0.05) is 78.6 Å². The molecule has 176 valence electrons. The lowest BCUT2D eigenvalue weighted by Crippen LogP contribution is -2.47. The van der Waals surface area contributed by atoms with Gasteiger partial charge in [-0.15, -0.1) is 0 Å². The number of carbonyl (C=O) groups is 3. The Morgan fingerprint density at radius 2 is 1.13 bits per heavy atom. The van der Waals surface area contributed by atoms with Crippen molar-refractivity contribution in [3.05, 3.63) is 0 Å². The van der Waals surface area contributed by atoms with Crippen LogP contribution in [0.5, 0.6) is 0 Å². The van der Waals surface area contributed by atoms with Gasteiger partial charge in [-0.05, 0) is 25.7 Å². The molecule has 0 saturated carbocycles. The minimum atomic E-state index is -0.639. The van der Waals surface area contributed by atoms with E-state index >= 15 is 0 Å². The van der Waals surface area contributed by atoms with Crippen LogP contribution in [0.25, 0.3) is 0 Å². The van der Waals surface area contributed by atoms with Crippen LogP contribution in [0.2, 0.25) is 0 Å². The highest BCUT2D eigenvalue weighted by atomic mass is 16.2. The van der Waals surface area contributed by atoms with Crippen molar-refractivity contribution in [2.45, 2.75) is 123 Å². The average Bonchev–Trinajstić information content (AvgIpc) is 2.73. The molecular formula is C24H47N3O3. The molecule has 0 aromatic carbocycles. The van der Waals surface area contributed by atoms with Gasteiger partial charge in [0.1, 0.15) is 6.04 Å². The summed E-state index contributed by atoms with van der Waals surface area (Å²) in [5.74, 6) is -0.343. The van der Waals surface area contributed by atoms with E-state index < -0.39 is 6.04 Å². The molecule has 30 heavy (non-hydrogen) atoms. The van der Waals surface area contributed by atoms with Gasteiger partial charge in [-0.25, -0.2) is 0 Å². The van der Waals surface area contributed by atoms with Crippen LogP contribution in [0, 0.1) is 0 Å². The second kappa shape index (κ2) is 20.7. The molecule has 0 aliphatic rings. The van der Waals surface area contributed by atoms with Crippen molar-refractivity contribution in [3.8, 4) is 0 Å². The fraction of sp³-hybridized carbons (Fsp3) is 0.875. The lowest BCUT2D eigenvalue weighted by molar-refractivity contribution is -0.129. The molecule has 3 N–H and O–H groups in total. The molecule has 0 bridgehead atoms. The zero-order valence-corrected chi connectivity index (χ0v) is 19.8. The van der Waals surface area contributed by atoms with Crippen molar-refractivity contribution in [1.82, 2.24) is 16.0 Å². The summed E-state index contributed by atoms with van der Waals surface area (Å²) in [6.45, 7) is 7.62. The monoisotopic (exact) mass is 425 g/mol. The Morgan fingerprint density at radius 3 is 1.73 bits per heavy atom. The smallest absolute Gasteiger partial charge is 0.242 e. The van der Waals surface area contributed by atoms with E-state index in [1.165, 1.54) is 32.1 Å². The quantitative estimate of drug-likeness (QED) is 0.249. The zero-order valence-electron chi connectivity index (χ0n) is 19.8. The fourth-order valence-electron chi connectivity index (χ4n) is 3.23. The second-order valence-electron chi connectivity index (χ2n) is 8.23. The van der Waals surface area contributed by atoms with Gasteiger partial charge in [0.05, 0.1) is 0 Å². The summed E-state index contributed by atoms with van der Waals surface area (Å²) in [5, 5.41) is 8.60. The summed E-state index contributed by atoms with van der Waals surface area (Å²) >= 11 is 0. The van der Waals surface area contributed by atoms with Crippen molar-refractivity contribution < 1.29 is 14.4 Å². The minimum absolute atomic E-state index is 0.0628. The molecule has 0 spiro atoms. The maximum atomic E-state index is 12.5. The van der Waals surface area contributed by atoms with E-state index in [9.17, 15) is 14.4 Å². The predicted octanol–water partition coefficient (Wildman–Crippen LogP) is 4.61. The summed E-state index contributed by atoms with van der Waals surface area (Å²) in [7, 11) is 0. The van der Waals surface area contributed by atoms with Crippen LogP contribution >= 0.6 is 0 Å². The molecule has 0 aliphatic carbocycles. The first kappa shape index (κ1) is 28.4. The van der Waals surface area contributed by atoms with Crippen molar-refractivity contribution in [1.29, 1.82) is 0 Å². The van der Waals surface area contributed by atoms with Gasteiger partial charge in [0, 0.05) is 25.9 Å². The lowest BCUT2D eigenvalue weighted by atomic mass is 10.1. The van der Waals surface area contributed by atoms with Crippen LogP contribution in [0.1, 0.15) is 117 Å². The highest BCUT2D eigenvalue weighted by Crippen LogP contribution is 2.10. The molecule has 3 amide bonds. The Hall–Kier alpha value is -1.59. The zero-order chi connectivity index (χ0) is 22.5. The maximum Gasteiger partial charge on any atom is 0.242 e. The first-order valence-electron chi connectivity index (χ1n) is 12.4. The average molecular weight is 426 g/mol. The number of rotatable bonds is 20. The van der Waals surface area contributed by atoms with E-state index in [1.807, 2.05) is 0 Å². The normalized spacial score (nSPS) is 11.7. The maximum absolute atomic E-state index is 12.5. The SMILES string of the molecule is CCCCCCCCCCC(=O)N[C@@H](CCC(=O)NCCCC)C(=O)NCCCC. The Kier molecular flexibility index (Phi) is 19.6. The Balaban J connectivity index is 4.28. The topological polar surface area (TPSA) is 87.3 Å². The molecule has 0 aliphatic heterocycles. The third kappa shape index (κ3) is 17.3. The van der Waals surface area contributed by atoms with Gasteiger partial charge < -0.3 is 16.0 Å². The van der Waals surface area contributed by atoms with Gasteiger partial charge >= 0.3 is 0 Å². The molecule has 6 nitrogen and oxygen atoms in total. The van der Waals surface area contributed by atoms with E-state index in [4.69, 9.17) is 0 Å². The molecule has 0 rings (SSSR count). The summed E-state index contributed by atoms with van der Waals surface area (Å²) in [6.07, 6.45) is 14.3. The number of hydrogen-bond acceptors (Lipinski definition) is 3. The van der Waals surface area contributed by atoms with Crippen LogP contribution in [-0.4, -0.2) is 36.9 Å². The molecule has 0 unspecified atom stereocenters. The van der Waals surface area contributed by atoms with Crippen LogP contribution in [0.3, 0.4) is 0 Å². The Bertz CT molecular complexity index is 455. The molecular weight excluding hydrogens is 378 g/mol. The van der Waals surface area contributed by atoms with E-state index in [0.29, 0.717) is 25.9 Å². The van der Waals surface area contributed by atoms with E-state index in [-0.39, 0.29) is 24.1 Å². The molecule has 0 radical (unpaired) electrons. The third-order valence-corrected chi connectivity index (χ3v) is 5.25. The highest BCUT2D eigenvalue weighted by Gasteiger charge is 2.21. The van der Waals surface area contributed by atoms with Gasteiger partial charge in [-0.3, -0.25) is 14.4 Å². The van der Waals surface area contributed by atoms with Crippen LogP contribution in [-0.2, 0) is 14.4 Å². The van der Waals surface area contributed by atoms with Gasteiger partial charge in [0.2, 0.25) is 17.7 Å². The fourth-order valence-corrected chi connectivity index (χ4v) is 3.23. The molecule has 0 aromatic heterocycles. The molecule has 0 heterocycles. The summed E-state index contributed by atoms with van der Waals surface area (Å²) in [4.78, 5) is 36.8. The van der Waals surface area contributed by atoms with E-state index in [0.717, 1.165) is 44.9 Å². The number of carbonyl (C=O) groups excluding carboxylic acids is 3. The largest absolute Gasteiger partial charge is 0.356 e. The summed E-state index contributed by atoms with van der Waals surface area (Å²) < 4.78 is 0. The number of amides is 3. The third-order valence-electron chi connectivity index (χ3n) is 5.25. The van der Waals surface area contributed by atoms with Crippen LogP contribution in [0.15, 0.2) is 0 Å². The van der Waals surface area contributed by atoms with Crippen LogP contribution < -0.4 is 16.0 Å². The van der Waals surface area contributed by atoms with Crippen molar-refractivity contribution in [2.75, 3.05) is 13.1 Å². The lowest BCUT2D eigenvalue weighted by Gasteiger charge is -2.18. The first-order valence-corrected chi connectivity index (χ1v) is 12.4. The van der Waals surface area contributed by atoms with E-state index in [2.05, 4.69) is 36.7 Å². The summed E-state index contributed by atoms with van der Waals surface area (Å²) in [6, 6.07) is -0.639. The second-order valence-corrected chi connectivity index (χ2v) is 8.23. The van der Waals surface area contributed by atoms with Gasteiger partial charge in [0.15, 0.2) is 0 Å². The van der Waals surface area contributed by atoms with Gasteiger partial charge in [0.25, 0.3) is 0 Å². The van der Waals surface area contributed by atoms with E-state index in [1.54, 1.807) is 0 Å². The van der Waals surface area contributed by atoms with Crippen molar-refractivity contribution in [2.24, 2.45) is 0 Å². The van der Waals surface area contributed by atoms with Crippen molar-refractivity contribution >= 4 is 17.7 Å². The minimum Gasteiger partial charge on any atom is -0.356 e. The molecule has 6 heteroatoms. The molecule has 0 fully saturated rings. The molecule has 1 atom stereocenters. The Labute approximate surface area is 184 Å². The predicted molar refractivity (Wildman–Crippen MR) is 124 cm³/mol. The molecule has 0 aromatic rings. The van der Waals surface area contributed by atoms with Crippen molar-refractivity contribution in [3.63, 3.8) is 0 Å². The number of unbranched alkanes of at least 4 members (excludes halogenated alkanes) is 9. The standard InChI is InChI=1S/C24H47N3O3/c1-4-7-10-11-12-13-14-15-16-23(29)27-21(24(30)26-20-9-6-3)17-18-22(28)25-19-8-5-2/h21H,4-20H2,1-3H3,(H,25,28)(H,26,30)(H,27,29)/t21-/m0/s1. The first-order chi connectivity index (χ1) is 14.5. The highest BCUT2D eigenvalue weighted by molar-refractivity contribution is 5.88. The number of nitrogens with one attached hydrogen (secondary N) is 3.